The van der Waals surface area contributed by atoms with Gasteiger partial charge in [-0.15, -0.1) is 0 Å². The zero-order valence-corrected chi connectivity index (χ0v) is 20.3. The summed E-state index contributed by atoms with van der Waals surface area (Å²) in [5.41, 5.74) is 1.57. The normalized spacial score (nSPS) is 15.2. The van der Waals surface area contributed by atoms with Gasteiger partial charge in [-0.05, 0) is 42.0 Å². The van der Waals surface area contributed by atoms with E-state index >= 15 is 0 Å². The van der Waals surface area contributed by atoms with Crippen molar-refractivity contribution in [3.63, 3.8) is 0 Å². The van der Waals surface area contributed by atoms with Crippen molar-refractivity contribution in [3.8, 4) is 5.75 Å². The third kappa shape index (κ3) is 8.04. The van der Waals surface area contributed by atoms with Crippen LogP contribution in [0.1, 0.15) is 22.3 Å². The summed E-state index contributed by atoms with van der Waals surface area (Å²) in [7, 11) is 1.50. The first-order valence-electron chi connectivity index (χ1n) is 11.3. The van der Waals surface area contributed by atoms with Crippen LogP contribution in [0.25, 0.3) is 0 Å². The Kier molecular flexibility index (Phi) is 10.00. The Balaban J connectivity index is 1.52. The Bertz CT molecular complexity index is 1020. The second kappa shape index (κ2) is 13.4. The van der Waals surface area contributed by atoms with Crippen molar-refractivity contribution >= 4 is 35.1 Å². The van der Waals surface area contributed by atoms with Crippen molar-refractivity contribution in [1.29, 1.82) is 0 Å². The van der Waals surface area contributed by atoms with Gasteiger partial charge < -0.3 is 24.4 Å². The summed E-state index contributed by atoms with van der Waals surface area (Å²) in [6.45, 7) is 1.58. The maximum atomic E-state index is 12.7. The zero-order valence-electron chi connectivity index (χ0n) is 19.5. The van der Waals surface area contributed by atoms with Crippen LogP contribution in [-0.2, 0) is 25.5 Å². The average Bonchev–Trinajstić information content (AvgIpc) is 2.86. The van der Waals surface area contributed by atoms with E-state index in [9.17, 15) is 14.4 Å². The molecule has 186 valence electrons. The van der Waals surface area contributed by atoms with E-state index in [0.29, 0.717) is 31.0 Å². The van der Waals surface area contributed by atoms with E-state index in [1.165, 1.54) is 17.6 Å². The van der Waals surface area contributed by atoms with Gasteiger partial charge in [-0.25, -0.2) is 0 Å². The maximum absolute atomic E-state index is 12.7. The van der Waals surface area contributed by atoms with Crippen LogP contribution < -0.4 is 15.4 Å². The van der Waals surface area contributed by atoms with Crippen molar-refractivity contribution in [2.75, 3.05) is 40.0 Å². The molecule has 9 nitrogen and oxygen atoms in total. The number of esters is 1. The SMILES string of the molecule is COCCOC(=O)CC1C(=O)NCCN1C(=S)NC(=O)c1ccc(OCCc2ccccc2)cc1. The summed E-state index contributed by atoms with van der Waals surface area (Å²) >= 11 is 5.39. The molecule has 1 atom stereocenters. The monoisotopic (exact) mass is 499 g/mol. The number of nitrogens with zero attached hydrogens (tertiary/aromatic N) is 1. The third-order valence-electron chi connectivity index (χ3n) is 5.34. The molecule has 0 spiro atoms. The highest BCUT2D eigenvalue weighted by atomic mass is 32.1. The number of hydrogen-bond acceptors (Lipinski definition) is 7. The minimum Gasteiger partial charge on any atom is -0.493 e. The second-order valence-electron chi connectivity index (χ2n) is 7.79. The predicted molar refractivity (Wildman–Crippen MR) is 133 cm³/mol. The largest absolute Gasteiger partial charge is 0.493 e. The van der Waals surface area contributed by atoms with Gasteiger partial charge in [0, 0.05) is 32.2 Å². The highest BCUT2D eigenvalue weighted by Gasteiger charge is 2.34. The molecule has 0 aromatic heterocycles. The minimum atomic E-state index is -0.869. The van der Waals surface area contributed by atoms with E-state index < -0.39 is 17.9 Å². The number of amides is 2. The van der Waals surface area contributed by atoms with Crippen LogP contribution in [0.4, 0.5) is 0 Å². The first kappa shape index (κ1) is 26.1. The van der Waals surface area contributed by atoms with Crippen LogP contribution in [0.15, 0.2) is 54.6 Å². The lowest BCUT2D eigenvalue weighted by Crippen LogP contribution is -2.60. The number of benzene rings is 2. The summed E-state index contributed by atoms with van der Waals surface area (Å²) in [5.74, 6) is -0.669. The summed E-state index contributed by atoms with van der Waals surface area (Å²) in [6, 6.07) is 15.9. The second-order valence-corrected chi connectivity index (χ2v) is 8.17. The van der Waals surface area contributed by atoms with Crippen molar-refractivity contribution in [2.24, 2.45) is 0 Å². The van der Waals surface area contributed by atoms with Crippen molar-refractivity contribution in [1.82, 2.24) is 15.5 Å². The van der Waals surface area contributed by atoms with E-state index in [4.69, 9.17) is 26.4 Å². The molecule has 0 aliphatic carbocycles. The van der Waals surface area contributed by atoms with Crippen LogP contribution in [0.2, 0.25) is 0 Å². The molecule has 2 aromatic carbocycles. The minimum absolute atomic E-state index is 0.0720. The molecular formula is C25H29N3O6S. The summed E-state index contributed by atoms with van der Waals surface area (Å²) in [4.78, 5) is 38.7. The Labute approximate surface area is 209 Å². The van der Waals surface area contributed by atoms with Crippen LogP contribution in [0.5, 0.6) is 5.75 Å². The highest BCUT2D eigenvalue weighted by molar-refractivity contribution is 7.80. The molecule has 1 fully saturated rings. The van der Waals surface area contributed by atoms with E-state index in [0.717, 1.165) is 6.42 Å². The van der Waals surface area contributed by atoms with Gasteiger partial charge in [-0.2, -0.15) is 0 Å². The molecule has 1 saturated heterocycles. The quantitative estimate of drug-likeness (QED) is 0.289. The molecule has 3 rings (SSSR count). The van der Waals surface area contributed by atoms with E-state index in [2.05, 4.69) is 10.6 Å². The molecule has 0 saturated carbocycles. The molecule has 0 radical (unpaired) electrons. The highest BCUT2D eigenvalue weighted by Crippen LogP contribution is 2.14. The number of piperazine rings is 1. The number of methoxy groups -OCH3 is 1. The Morgan fingerprint density at radius 3 is 2.54 bits per heavy atom. The number of carbonyl (C=O) groups is 3. The Morgan fingerprint density at radius 2 is 1.83 bits per heavy atom. The number of rotatable bonds is 10. The lowest BCUT2D eigenvalue weighted by molar-refractivity contribution is -0.148. The zero-order chi connectivity index (χ0) is 25.0. The molecule has 0 bridgehead atoms. The number of thiocarbonyl (C=S) groups is 1. The van der Waals surface area contributed by atoms with Crippen LogP contribution in [0.3, 0.4) is 0 Å². The summed E-state index contributed by atoms with van der Waals surface area (Å²) < 4.78 is 15.7. The standard InChI is InChI=1S/C25H29N3O6S/c1-32-15-16-34-22(29)17-21-24(31)26-12-13-28(21)25(35)27-23(30)19-7-9-20(10-8-19)33-14-11-18-5-3-2-4-6-18/h2-10,21H,11-17H2,1H3,(H,26,31)(H,27,30,35). The fourth-order valence-electron chi connectivity index (χ4n) is 3.49. The summed E-state index contributed by atoms with van der Waals surface area (Å²) in [6.07, 6.45) is 0.586. The molecule has 2 N–H and O–H groups in total. The number of hydrogen-bond donors (Lipinski definition) is 2. The smallest absolute Gasteiger partial charge is 0.308 e. The van der Waals surface area contributed by atoms with Crippen molar-refractivity contribution in [2.45, 2.75) is 18.9 Å². The maximum Gasteiger partial charge on any atom is 0.308 e. The van der Waals surface area contributed by atoms with Crippen LogP contribution in [-0.4, -0.2) is 73.9 Å². The number of nitrogens with one attached hydrogen (secondary N) is 2. The van der Waals surface area contributed by atoms with Gasteiger partial charge in [0.25, 0.3) is 5.91 Å². The van der Waals surface area contributed by atoms with E-state index in [1.54, 1.807) is 24.3 Å². The Hall–Kier alpha value is -3.50. The molecule has 1 unspecified atom stereocenters. The molecule has 10 heteroatoms. The van der Waals surface area contributed by atoms with Gasteiger partial charge in [0.15, 0.2) is 5.11 Å². The third-order valence-corrected chi connectivity index (χ3v) is 5.68. The summed E-state index contributed by atoms with van der Waals surface area (Å²) in [5, 5.41) is 5.43. The molecule has 1 aliphatic heterocycles. The van der Waals surface area contributed by atoms with Crippen molar-refractivity contribution in [3.05, 3.63) is 65.7 Å². The van der Waals surface area contributed by atoms with Crippen molar-refractivity contribution < 1.29 is 28.6 Å². The fraction of sp³-hybridized carbons (Fsp3) is 0.360. The first-order chi connectivity index (χ1) is 17.0. The topological polar surface area (TPSA) is 106 Å². The van der Waals surface area contributed by atoms with Gasteiger partial charge in [0.05, 0.1) is 19.6 Å². The lowest BCUT2D eigenvalue weighted by atomic mass is 10.1. The van der Waals surface area contributed by atoms with Gasteiger partial charge >= 0.3 is 5.97 Å². The molecule has 1 aliphatic rings. The molecule has 1 heterocycles. The molecule has 35 heavy (non-hydrogen) atoms. The van der Waals surface area contributed by atoms with Gasteiger partial charge in [0.1, 0.15) is 18.4 Å². The fourth-order valence-corrected chi connectivity index (χ4v) is 3.80. The van der Waals surface area contributed by atoms with Gasteiger partial charge in [0.2, 0.25) is 5.91 Å². The lowest BCUT2D eigenvalue weighted by Gasteiger charge is -2.36. The van der Waals surface area contributed by atoms with Crippen LogP contribution in [0, 0.1) is 0 Å². The molecule has 2 aromatic rings. The predicted octanol–water partition coefficient (Wildman–Crippen LogP) is 1.70. The number of ether oxygens (including phenoxy) is 3. The molecule has 2 amide bonds. The van der Waals surface area contributed by atoms with E-state index in [-0.39, 0.29) is 30.7 Å². The first-order valence-corrected chi connectivity index (χ1v) is 11.7. The Morgan fingerprint density at radius 1 is 1.09 bits per heavy atom. The average molecular weight is 500 g/mol. The van der Waals surface area contributed by atoms with Crippen LogP contribution >= 0.6 is 12.2 Å². The van der Waals surface area contributed by atoms with Gasteiger partial charge in [-0.1, -0.05) is 30.3 Å². The van der Waals surface area contributed by atoms with E-state index in [1.807, 2.05) is 30.3 Å². The molecular weight excluding hydrogens is 470 g/mol. The number of carbonyl (C=O) groups excluding carboxylic acids is 3. The van der Waals surface area contributed by atoms with Gasteiger partial charge in [-0.3, -0.25) is 19.7 Å².